The van der Waals surface area contributed by atoms with Crippen LogP contribution in [0.1, 0.15) is 35.8 Å². The lowest BCUT2D eigenvalue weighted by molar-refractivity contribution is 0.153. The number of carbonyl (C=O) groups is 1. The maximum absolute atomic E-state index is 12.5. The zero-order valence-corrected chi connectivity index (χ0v) is 17.8. The Bertz CT molecular complexity index is 1010. The van der Waals surface area contributed by atoms with Crippen LogP contribution in [0, 0.1) is 13.8 Å². The molecule has 2 amide bonds. The minimum atomic E-state index is -0.230. The van der Waals surface area contributed by atoms with Crippen LogP contribution in [0.3, 0.4) is 0 Å². The number of H-pyrrole nitrogens is 1. The first-order chi connectivity index (χ1) is 14.4. The highest BCUT2D eigenvalue weighted by Gasteiger charge is 2.30. The summed E-state index contributed by atoms with van der Waals surface area (Å²) in [6.45, 7) is 5.10. The number of hydrogen-bond donors (Lipinski definition) is 3. The molecule has 1 aromatic carbocycles. The first kappa shape index (κ1) is 20.2. The third-order valence-electron chi connectivity index (χ3n) is 5.84. The first-order valence-electron chi connectivity index (χ1n) is 10.2. The van der Waals surface area contributed by atoms with Gasteiger partial charge in [0.05, 0.1) is 36.1 Å². The van der Waals surface area contributed by atoms with E-state index >= 15 is 0 Å². The Labute approximate surface area is 176 Å². The molecule has 3 aromatic rings. The van der Waals surface area contributed by atoms with E-state index < -0.39 is 0 Å². The predicted molar refractivity (Wildman–Crippen MR) is 117 cm³/mol. The topological polar surface area (TPSA) is 95.2 Å². The first-order valence-corrected chi connectivity index (χ1v) is 10.2. The Balaban J connectivity index is 1.43. The van der Waals surface area contributed by atoms with Crippen molar-refractivity contribution in [1.29, 1.82) is 0 Å². The fourth-order valence-corrected chi connectivity index (χ4v) is 3.91. The van der Waals surface area contributed by atoms with Gasteiger partial charge in [-0.05, 0) is 63.1 Å². The zero-order chi connectivity index (χ0) is 21.3. The molecule has 0 unspecified atom stereocenters. The van der Waals surface area contributed by atoms with Crippen molar-refractivity contribution >= 4 is 22.8 Å². The summed E-state index contributed by atoms with van der Waals surface area (Å²) < 4.78 is 5.04. The van der Waals surface area contributed by atoms with Crippen LogP contribution in [-0.4, -0.2) is 52.6 Å². The van der Waals surface area contributed by atoms with Crippen molar-refractivity contribution in [2.24, 2.45) is 0 Å². The van der Waals surface area contributed by atoms with Crippen LogP contribution in [0.2, 0.25) is 0 Å². The smallest absolute Gasteiger partial charge is 0.319 e. The fraction of sp³-hybridized carbons (Fsp3) is 0.409. The van der Waals surface area contributed by atoms with E-state index in [2.05, 4.69) is 58.5 Å². The molecule has 4 rings (SSSR count). The lowest BCUT2D eigenvalue weighted by atomic mass is 9.97. The molecule has 2 atom stereocenters. The van der Waals surface area contributed by atoms with Crippen LogP contribution >= 0.6 is 0 Å². The Morgan fingerprint density at radius 2 is 2.07 bits per heavy atom. The van der Waals surface area contributed by atoms with Crippen LogP contribution in [-0.2, 0) is 0 Å². The summed E-state index contributed by atoms with van der Waals surface area (Å²) in [5.41, 5.74) is 5.16. The SMILES string of the molecule is COc1ccc(NC(=O)N[C@@H]2CCN(C)[C@@H](c3nc4cc(C)c(C)cc4[nH]3)C2)cn1. The number of aromatic amines is 1. The van der Waals surface area contributed by atoms with E-state index in [0.717, 1.165) is 36.2 Å². The number of ether oxygens (including phenoxy) is 1. The highest BCUT2D eigenvalue weighted by molar-refractivity contribution is 5.89. The Kier molecular flexibility index (Phi) is 5.59. The molecular weight excluding hydrogens is 380 g/mol. The van der Waals surface area contributed by atoms with Gasteiger partial charge in [0.1, 0.15) is 5.82 Å². The summed E-state index contributed by atoms with van der Waals surface area (Å²) in [4.78, 5) is 27.2. The third kappa shape index (κ3) is 4.23. The number of urea groups is 1. The number of aromatic nitrogens is 3. The van der Waals surface area contributed by atoms with E-state index in [-0.39, 0.29) is 18.1 Å². The minimum absolute atomic E-state index is 0.0640. The van der Waals surface area contributed by atoms with Crippen LogP contribution in [0.25, 0.3) is 11.0 Å². The molecule has 3 N–H and O–H groups in total. The van der Waals surface area contributed by atoms with Gasteiger partial charge in [-0.1, -0.05) is 0 Å². The Hall–Kier alpha value is -3.13. The lowest BCUT2D eigenvalue weighted by Crippen LogP contribution is -2.46. The molecule has 8 heteroatoms. The molecule has 0 saturated carbocycles. The molecule has 30 heavy (non-hydrogen) atoms. The van der Waals surface area contributed by atoms with Crippen LogP contribution < -0.4 is 15.4 Å². The molecule has 1 aliphatic heterocycles. The van der Waals surface area contributed by atoms with Gasteiger partial charge in [0.15, 0.2) is 0 Å². The second kappa shape index (κ2) is 8.31. The predicted octanol–water partition coefficient (Wildman–Crippen LogP) is 3.54. The van der Waals surface area contributed by atoms with Crippen molar-refractivity contribution < 1.29 is 9.53 Å². The number of imidazole rings is 1. The normalized spacial score (nSPS) is 19.6. The number of likely N-dealkylation sites (tertiary alicyclic amines) is 1. The molecule has 158 valence electrons. The number of pyridine rings is 1. The second-order valence-electron chi connectivity index (χ2n) is 7.98. The number of anilines is 1. The van der Waals surface area contributed by atoms with Crippen molar-refractivity contribution in [1.82, 2.24) is 25.2 Å². The number of rotatable bonds is 4. The number of nitrogens with one attached hydrogen (secondary N) is 3. The minimum Gasteiger partial charge on any atom is -0.481 e. The summed E-state index contributed by atoms with van der Waals surface area (Å²) >= 11 is 0. The van der Waals surface area contributed by atoms with E-state index in [0.29, 0.717) is 11.6 Å². The molecule has 8 nitrogen and oxygen atoms in total. The molecule has 3 heterocycles. The van der Waals surface area contributed by atoms with E-state index in [4.69, 9.17) is 9.72 Å². The Morgan fingerprint density at radius 1 is 1.27 bits per heavy atom. The second-order valence-corrected chi connectivity index (χ2v) is 7.98. The third-order valence-corrected chi connectivity index (χ3v) is 5.84. The number of amides is 2. The fourth-order valence-electron chi connectivity index (χ4n) is 3.91. The van der Waals surface area contributed by atoms with Gasteiger partial charge in [0, 0.05) is 18.7 Å². The number of aryl methyl sites for hydroxylation is 2. The number of piperidine rings is 1. The number of fused-ring (bicyclic) bond motifs is 1. The quantitative estimate of drug-likeness (QED) is 0.614. The highest BCUT2D eigenvalue weighted by Crippen LogP contribution is 2.30. The van der Waals surface area contributed by atoms with Gasteiger partial charge in [-0.2, -0.15) is 0 Å². The number of methoxy groups -OCH3 is 1. The van der Waals surface area contributed by atoms with Gasteiger partial charge in [-0.15, -0.1) is 0 Å². The summed E-state index contributed by atoms with van der Waals surface area (Å²) in [5.74, 6) is 1.46. The number of hydrogen-bond acceptors (Lipinski definition) is 5. The largest absolute Gasteiger partial charge is 0.481 e. The van der Waals surface area contributed by atoms with E-state index in [9.17, 15) is 4.79 Å². The molecule has 1 aliphatic rings. The van der Waals surface area contributed by atoms with Crippen molar-refractivity contribution in [3.63, 3.8) is 0 Å². The van der Waals surface area contributed by atoms with Crippen molar-refractivity contribution in [2.45, 2.75) is 38.8 Å². The van der Waals surface area contributed by atoms with Gasteiger partial charge in [0.25, 0.3) is 0 Å². The average molecular weight is 409 g/mol. The van der Waals surface area contributed by atoms with Gasteiger partial charge in [-0.3, -0.25) is 4.90 Å². The maximum atomic E-state index is 12.5. The van der Waals surface area contributed by atoms with Gasteiger partial charge in [0.2, 0.25) is 5.88 Å². The summed E-state index contributed by atoms with van der Waals surface area (Å²) in [6.07, 6.45) is 3.26. The van der Waals surface area contributed by atoms with Crippen LogP contribution in [0.5, 0.6) is 5.88 Å². The lowest BCUT2D eigenvalue weighted by Gasteiger charge is -2.36. The molecule has 0 bridgehead atoms. The van der Waals surface area contributed by atoms with E-state index in [1.54, 1.807) is 25.4 Å². The number of nitrogens with zero attached hydrogens (tertiary/aromatic N) is 3. The van der Waals surface area contributed by atoms with E-state index in [1.165, 1.54) is 11.1 Å². The van der Waals surface area contributed by atoms with Gasteiger partial charge in [-0.25, -0.2) is 14.8 Å². The molecule has 1 saturated heterocycles. The maximum Gasteiger partial charge on any atom is 0.319 e. The number of carbonyl (C=O) groups excluding carboxylic acids is 1. The zero-order valence-electron chi connectivity index (χ0n) is 17.8. The molecular formula is C22H28N6O2. The van der Waals surface area contributed by atoms with Crippen molar-refractivity contribution in [3.8, 4) is 5.88 Å². The van der Waals surface area contributed by atoms with E-state index in [1.807, 2.05) is 0 Å². The molecule has 0 radical (unpaired) electrons. The standard InChI is InChI=1S/C22H28N6O2/c1-13-9-17-18(10-14(13)2)27-21(26-17)19-11-15(7-8-28(19)3)24-22(29)25-16-5-6-20(30-4)23-12-16/h5-6,9-10,12,15,19H,7-8,11H2,1-4H3,(H,26,27)(H2,24,25,29)/t15-,19-/m1/s1. The summed E-state index contributed by atoms with van der Waals surface area (Å²) in [7, 11) is 3.66. The molecule has 0 aliphatic carbocycles. The molecule has 2 aromatic heterocycles. The highest BCUT2D eigenvalue weighted by atomic mass is 16.5. The van der Waals surface area contributed by atoms with Crippen molar-refractivity contribution in [2.75, 3.05) is 26.0 Å². The summed E-state index contributed by atoms with van der Waals surface area (Å²) in [6, 6.07) is 7.71. The molecule has 1 fully saturated rings. The van der Waals surface area contributed by atoms with Crippen molar-refractivity contribution in [3.05, 3.63) is 47.4 Å². The number of benzene rings is 1. The monoisotopic (exact) mass is 408 g/mol. The van der Waals surface area contributed by atoms with Gasteiger partial charge >= 0.3 is 6.03 Å². The Morgan fingerprint density at radius 3 is 2.80 bits per heavy atom. The van der Waals surface area contributed by atoms with Crippen LogP contribution in [0.15, 0.2) is 30.5 Å². The van der Waals surface area contributed by atoms with Crippen LogP contribution in [0.4, 0.5) is 10.5 Å². The van der Waals surface area contributed by atoms with Gasteiger partial charge < -0.3 is 20.4 Å². The summed E-state index contributed by atoms with van der Waals surface area (Å²) in [5, 5.41) is 5.93. The molecule has 0 spiro atoms. The average Bonchev–Trinajstić information content (AvgIpc) is 3.12.